The highest BCUT2D eigenvalue weighted by Crippen LogP contribution is 2.51. The second-order valence-corrected chi connectivity index (χ2v) is 11.5. The quantitative estimate of drug-likeness (QED) is 0.260. The monoisotopic (exact) mass is 624 g/mol. The number of rotatable bonds is 12. The molecule has 2 fully saturated rings. The zero-order valence-corrected chi connectivity index (χ0v) is 24.8. The van der Waals surface area contributed by atoms with Gasteiger partial charge in [-0.25, -0.2) is 9.18 Å². The van der Waals surface area contributed by atoms with E-state index in [0.29, 0.717) is 0 Å². The molecule has 44 heavy (non-hydrogen) atoms. The molecule has 15 heteroatoms. The lowest BCUT2D eigenvalue weighted by Gasteiger charge is -2.28. The number of benzene rings is 1. The summed E-state index contributed by atoms with van der Waals surface area (Å²) in [5, 5.41) is 13.5. The molecule has 2 atom stereocenters. The van der Waals surface area contributed by atoms with E-state index in [-0.39, 0.29) is 40.8 Å². The number of halogens is 4. The molecule has 1 unspecified atom stereocenters. The summed E-state index contributed by atoms with van der Waals surface area (Å²) >= 11 is 0. The summed E-state index contributed by atoms with van der Waals surface area (Å²) in [5.74, 6) is -4.78. The van der Waals surface area contributed by atoms with Crippen molar-refractivity contribution in [3.8, 4) is 5.75 Å². The van der Waals surface area contributed by atoms with E-state index in [2.05, 4.69) is 21.0 Å². The Balaban J connectivity index is 1.63. The number of carbonyl (C=O) groups excluding carboxylic acids is 4. The summed E-state index contributed by atoms with van der Waals surface area (Å²) < 4.78 is 60.1. The summed E-state index contributed by atoms with van der Waals surface area (Å²) in [6, 6.07) is 2.21. The van der Waals surface area contributed by atoms with Gasteiger partial charge in [-0.05, 0) is 76.3 Å². The molecular formula is C29H36F4N6O5. The van der Waals surface area contributed by atoms with Gasteiger partial charge in [0.25, 0.3) is 5.91 Å². The van der Waals surface area contributed by atoms with Gasteiger partial charge in [0.2, 0.25) is 11.8 Å². The predicted molar refractivity (Wildman–Crippen MR) is 150 cm³/mol. The van der Waals surface area contributed by atoms with Crippen molar-refractivity contribution in [2.24, 2.45) is 17.8 Å². The Morgan fingerprint density at radius 3 is 2.23 bits per heavy atom. The van der Waals surface area contributed by atoms with E-state index >= 15 is 4.39 Å². The van der Waals surface area contributed by atoms with Crippen LogP contribution in [0.25, 0.3) is 0 Å². The van der Waals surface area contributed by atoms with E-state index in [9.17, 15) is 32.3 Å². The van der Waals surface area contributed by atoms with Gasteiger partial charge >= 0.3 is 12.3 Å². The van der Waals surface area contributed by atoms with Gasteiger partial charge in [0.05, 0.1) is 11.6 Å². The minimum Gasteiger partial charge on any atom is -0.410 e. The first-order chi connectivity index (χ1) is 20.7. The second kappa shape index (κ2) is 13.2. The van der Waals surface area contributed by atoms with Crippen molar-refractivity contribution in [3.63, 3.8) is 0 Å². The first-order valence-corrected chi connectivity index (χ1v) is 14.4. The molecule has 4 amide bonds. The van der Waals surface area contributed by atoms with Crippen LogP contribution in [0, 0.1) is 23.6 Å². The number of amides is 4. The molecule has 0 radical (unpaired) electrons. The molecule has 4 rings (SSSR count). The van der Waals surface area contributed by atoms with Gasteiger partial charge in [0.1, 0.15) is 29.8 Å². The maximum atomic E-state index is 15.5. The van der Waals surface area contributed by atoms with Gasteiger partial charge < -0.3 is 26.0 Å². The summed E-state index contributed by atoms with van der Waals surface area (Å²) in [4.78, 5) is 51.6. The number of carbonyl (C=O) groups is 4. The molecule has 11 nitrogen and oxygen atoms in total. The molecule has 1 heterocycles. The fourth-order valence-electron chi connectivity index (χ4n) is 5.28. The highest BCUT2D eigenvalue weighted by atomic mass is 19.4. The fourth-order valence-corrected chi connectivity index (χ4v) is 5.28. The smallest absolute Gasteiger partial charge is 0.410 e. The van der Waals surface area contributed by atoms with E-state index in [1.165, 1.54) is 24.9 Å². The molecule has 4 N–H and O–H groups in total. The molecule has 2 saturated carbocycles. The van der Waals surface area contributed by atoms with E-state index in [1.54, 1.807) is 11.4 Å². The maximum Gasteiger partial charge on any atom is 0.412 e. The first kappa shape index (κ1) is 32.7. The molecular weight excluding hydrogens is 588 g/mol. The van der Waals surface area contributed by atoms with Crippen LogP contribution < -0.4 is 26.0 Å². The lowest BCUT2D eigenvalue weighted by atomic mass is 9.88. The predicted octanol–water partition coefficient (Wildman–Crippen LogP) is 4.28. The summed E-state index contributed by atoms with van der Waals surface area (Å²) in [6.07, 6.45) is -0.599. The summed E-state index contributed by atoms with van der Waals surface area (Å²) in [5.41, 5.74) is -0.362. The molecule has 0 saturated heterocycles. The maximum absolute atomic E-state index is 15.5. The summed E-state index contributed by atoms with van der Waals surface area (Å²) in [6.45, 7) is 3.33. The minimum atomic E-state index is -4.67. The topological polar surface area (TPSA) is 143 Å². The molecule has 2 aromatic rings. The second-order valence-electron chi connectivity index (χ2n) is 11.5. The average Bonchev–Trinajstić information content (AvgIpc) is 3.91. The third-order valence-corrected chi connectivity index (χ3v) is 7.77. The highest BCUT2D eigenvalue weighted by Gasteiger charge is 2.48. The number of nitrogens with one attached hydrogen (secondary N) is 4. The number of hydrogen-bond acceptors (Lipinski definition) is 6. The van der Waals surface area contributed by atoms with Crippen molar-refractivity contribution in [3.05, 3.63) is 41.5 Å². The molecule has 2 aliphatic rings. The number of ether oxygens (including phenoxy) is 1. The molecule has 0 aliphatic heterocycles. The van der Waals surface area contributed by atoms with Crippen LogP contribution in [0.5, 0.6) is 5.75 Å². The lowest BCUT2D eigenvalue weighted by molar-refractivity contribution is -0.139. The highest BCUT2D eigenvalue weighted by molar-refractivity contribution is 6.01. The zero-order chi connectivity index (χ0) is 32.3. The van der Waals surface area contributed by atoms with Crippen molar-refractivity contribution in [1.82, 2.24) is 25.7 Å². The van der Waals surface area contributed by atoms with Crippen LogP contribution in [0.15, 0.2) is 24.4 Å². The standard InChI is InChI=1S/C29H36F4N6O5/c1-14(2)39-21(9-10-36-39)26(41)38-24(23(16-5-6-16)17-7-8-17)27(42)37-20-12-22(44-28(43)34-4)18(11-19(20)30)15(3)25(40)35-13-29(31,32)33/h9-12,14-17,23-24H,5-8,13H2,1-4H3,(H,34,43)(H,35,40)(H,37,42)(H,38,41)/t15?,24-/m0/s1. The van der Waals surface area contributed by atoms with E-state index in [1.807, 2.05) is 13.8 Å². The number of alkyl halides is 3. The van der Waals surface area contributed by atoms with Crippen LogP contribution in [0.2, 0.25) is 0 Å². The van der Waals surface area contributed by atoms with E-state index in [4.69, 9.17) is 4.74 Å². The van der Waals surface area contributed by atoms with Gasteiger partial charge in [-0.3, -0.25) is 19.1 Å². The van der Waals surface area contributed by atoms with Gasteiger partial charge in [0.15, 0.2) is 0 Å². The Morgan fingerprint density at radius 2 is 1.68 bits per heavy atom. The molecule has 2 aliphatic carbocycles. The van der Waals surface area contributed by atoms with Crippen molar-refractivity contribution in [2.45, 2.75) is 70.6 Å². The van der Waals surface area contributed by atoms with Crippen molar-refractivity contribution < 1.29 is 41.5 Å². The largest absolute Gasteiger partial charge is 0.412 e. The Hall–Kier alpha value is -4.17. The van der Waals surface area contributed by atoms with Gasteiger partial charge in [-0.2, -0.15) is 18.3 Å². The Morgan fingerprint density at radius 1 is 1.05 bits per heavy atom. The third kappa shape index (κ3) is 8.05. The van der Waals surface area contributed by atoms with E-state index < -0.39 is 60.0 Å². The summed E-state index contributed by atoms with van der Waals surface area (Å²) in [7, 11) is 1.25. The normalized spacial score (nSPS) is 16.3. The van der Waals surface area contributed by atoms with Crippen LogP contribution in [-0.2, 0) is 9.59 Å². The Labute approximate surface area is 251 Å². The minimum absolute atomic E-state index is 0.120. The number of aromatic nitrogens is 2. The van der Waals surface area contributed by atoms with Crippen LogP contribution in [0.1, 0.15) is 74.5 Å². The van der Waals surface area contributed by atoms with Crippen LogP contribution in [0.3, 0.4) is 0 Å². The first-order valence-electron chi connectivity index (χ1n) is 14.4. The van der Waals surface area contributed by atoms with Crippen LogP contribution >= 0.6 is 0 Å². The van der Waals surface area contributed by atoms with Gasteiger partial charge in [0, 0.05) is 30.9 Å². The van der Waals surface area contributed by atoms with E-state index in [0.717, 1.165) is 37.8 Å². The van der Waals surface area contributed by atoms with Crippen molar-refractivity contribution in [1.29, 1.82) is 0 Å². The molecule has 1 aromatic carbocycles. The van der Waals surface area contributed by atoms with Crippen molar-refractivity contribution >= 4 is 29.5 Å². The fraction of sp³-hybridized carbons (Fsp3) is 0.552. The molecule has 240 valence electrons. The number of hydrogen-bond donors (Lipinski definition) is 4. The average molecular weight is 625 g/mol. The Kier molecular flexibility index (Phi) is 9.84. The van der Waals surface area contributed by atoms with Crippen LogP contribution in [-0.4, -0.2) is 59.4 Å². The zero-order valence-electron chi connectivity index (χ0n) is 24.8. The number of nitrogens with zero attached hydrogens (tertiary/aromatic N) is 2. The third-order valence-electron chi connectivity index (χ3n) is 7.77. The Bertz CT molecular complexity index is 1390. The lowest BCUT2D eigenvalue weighted by Crippen LogP contribution is -2.50. The van der Waals surface area contributed by atoms with Crippen molar-refractivity contribution in [2.75, 3.05) is 18.9 Å². The molecule has 1 aromatic heterocycles. The molecule has 0 spiro atoms. The van der Waals surface area contributed by atoms with Gasteiger partial charge in [-0.1, -0.05) is 0 Å². The SMILES string of the molecule is CNC(=O)Oc1cc(NC(=O)[C@@H](NC(=O)c2ccnn2C(C)C)C(C2CC2)C2CC2)c(F)cc1C(C)C(=O)NCC(F)(F)F. The molecule has 0 bridgehead atoms. The number of anilines is 1. The van der Waals surface area contributed by atoms with Crippen LogP contribution in [0.4, 0.5) is 28.0 Å². The van der Waals surface area contributed by atoms with Gasteiger partial charge in [-0.15, -0.1) is 0 Å².